The Kier molecular flexibility index (Phi) is 5.00. The van der Waals surface area contributed by atoms with E-state index in [-0.39, 0.29) is 11.4 Å². The molecule has 0 aliphatic rings. The van der Waals surface area contributed by atoms with E-state index in [4.69, 9.17) is 17.3 Å². The monoisotopic (exact) mass is 324 g/mol. The molecule has 0 atom stereocenters. The molecule has 0 saturated heterocycles. The van der Waals surface area contributed by atoms with E-state index >= 15 is 0 Å². The molecule has 0 aliphatic heterocycles. The van der Waals surface area contributed by atoms with Gasteiger partial charge < -0.3 is 5.73 Å². The Morgan fingerprint density at radius 3 is 2.43 bits per heavy atom. The maximum absolute atomic E-state index is 12.5. The highest BCUT2D eigenvalue weighted by Crippen LogP contribution is 2.19. The molecule has 0 unspecified atom stereocenters. The lowest BCUT2D eigenvalue weighted by Crippen LogP contribution is -2.26. The molecule has 0 aromatic heterocycles. The third kappa shape index (κ3) is 3.83. The molecule has 0 fully saturated rings. The Morgan fingerprint density at radius 1 is 1.10 bits per heavy atom. The highest BCUT2D eigenvalue weighted by molar-refractivity contribution is 7.89. The van der Waals surface area contributed by atoms with Gasteiger partial charge in [0.1, 0.15) is 0 Å². The molecular weight excluding hydrogens is 308 g/mol. The highest BCUT2D eigenvalue weighted by atomic mass is 35.5. The number of hydrogen-bond donors (Lipinski definition) is 1. The van der Waals surface area contributed by atoms with Crippen LogP contribution in [0.1, 0.15) is 11.1 Å². The van der Waals surface area contributed by atoms with Crippen LogP contribution in [0.15, 0.2) is 53.4 Å². The van der Waals surface area contributed by atoms with Gasteiger partial charge in [0.2, 0.25) is 10.0 Å². The molecule has 4 nitrogen and oxygen atoms in total. The second kappa shape index (κ2) is 6.58. The molecule has 21 heavy (non-hydrogen) atoms. The Balaban J connectivity index is 2.26. The minimum atomic E-state index is -3.55. The molecule has 0 spiro atoms. The molecule has 0 heterocycles. The molecule has 0 amide bonds. The quantitative estimate of drug-likeness (QED) is 0.919. The van der Waals surface area contributed by atoms with Gasteiger partial charge in [-0.25, -0.2) is 8.42 Å². The lowest BCUT2D eigenvalue weighted by molar-refractivity contribution is 0.466. The zero-order chi connectivity index (χ0) is 15.5. The Morgan fingerprint density at radius 2 is 1.76 bits per heavy atom. The van der Waals surface area contributed by atoms with Crippen LogP contribution in [0.3, 0.4) is 0 Å². The first-order valence-corrected chi connectivity index (χ1v) is 8.25. The number of sulfonamides is 1. The van der Waals surface area contributed by atoms with Gasteiger partial charge in [0.25, 0.3) is 0 Å². The van der Waals surface area contributed by atoms with Gasteiger partial charge in [0.15, 0.2) is 0 Å². The van der Waals surface area contributed by atoms with E-state index in [0.717, 1.165) is 11.1 Å². The standard InChI is InChI=1S/C15H17ClN2O2S/c1-18(11-13-5-2-6-14(16)8-13)21(19,20)15-7-3-4-12(9-15)10-17/h2-9H,10-11,17H2,1H3. The molecule has 6 heteroatoms. The summed E-state index contributed by atoms with van der Waals surface area (Å²) in [6.07, 6.45) is 0. The lowest BCUT2D eigenvalue weighted by Gasteiger charge is -2.18. The van der Waals surface area contributed by atoms with Crippen molar-refractivity contribution in [1.29, 1.82) is 0 Å². The maximum Gasteiger partial charge on any atom is 0.243 e. The van der Waals surface area contributed by atoms with Crippen molar-refractivity contribution in [2.24, 2.45) is 5.73 Å². The molecule has 112 valence electrons. The highest BCUT2D eigenvalue weighted by Gasteiger charge is 2.21. The van der Waals surface area contributed by atoms with Gasteiger partial charge in [-0.2, -0.15) is 4.31 Å². The van der Waals surface area contributed by atoms with E-state index < -0.39 is 10.0 Å². The van der Waals surface area contributed by atoms with Gasteiger partial charge in [-0.1, -0.05) is 35.9 Å². The summed E-state index contributed by atoms with van der Waals surface area (Å²) in [6.45, 7) is 0.567. The van der Waals surface area contributed by atoms with Crippen LogP contribution in [0, 0.1) is 0 Å². The van der Waals surface area contributed by atoms with Crippen LogP contribution in [0.4, 0.5) is 0 Å². The number of nitrogens with zero attached hydrogens (tertiary/aromatic N) is 1. The van der Waals surface area contributed by atoms with Crippen LogP contribution in [0.5, 0.6) is 0 Å². The van der Waals surface area contributed by atoms with Crippen molar-refractivity contribution in [2.45, 2.75) is 18.0 Å². The van der Waals surface area contributed by atoms with Gasteiger partial charge in [-0.05, 0) is 35.4 Å². The van der Waals surface area contributed by atoms with E-state index in [1.807, 2.05) is 6.07 Å². The Bertz CT molecular complexity index is 732. The van der Waals surface area contributed by atoms with Crippen molar-refractivity contribution in [1.82, 2.24) is 4.31 Å². The van der Waals surface area contributed by atoms with Gasteiger partial charge >= 0.3 is 0 Å². The smallest absolute Gasteiger partial charge is 0.243 e. The summed E-state index contributed by atoms with van der Waals surface area (Å²) in [7, 11) is -2.00. The summed E-state index contributed by atoms with van der Waals surface area (Å²) in [4.78, 5) is 0.245. The topological polar surface area (TPSA) is 63.4 Å². The van der Waals surface area contributed by atoms with E-state index in [1.165, 1.54) is 4.31 Å². The van der Waals surface area contributed by atoms with Crippen molar-refractivity contribution in [3.05, 3.63) is 64.7 Å². The number of rotatable bonds is 5. The summed E-state index contributed by atoms with van der Waals surface area (Å²) in [5.74, 6) is 0. The van der Waals surface area contributed by atoms with E-state index in [0.29, 0.717) is 11.6 Å². The van der Waals surface area contributed by atoms with Crippen molar-refractivity contribution < 1.29 is 8.42 Å². The predicted molar refractivity (Wildman–Crippen MR) is 84.4 cm³/mol. The molecule has 0 saturated carbocycles. The fourth-order valence-corrected chi connectivity index (χ4v) is 3.43. The lowest BCUT2D eigenvalue weighted by atomic mass is 10.2. The number of halogens is 1. The fourth-order valence-electron chi connectivity index (χ4n) is 1.99. The number of benzene rings is 2. The molecule has 2 N–H and O–H groups in total. The minimum Gasteiger partial charge on any atom is -0.326 e. The van der Waals surface area contributed by atoms with Crippen molar-refractivity contribution in [3.8, 4) is 0 Å². The molecule has 2 aromatic rings. The SMILES string of the molecule is CN(Cc1cccc(Cl)c1)S(=O)(=O)c1cccc(CN)c1. The van der Waals surface area contributed by atoms with Crippen molar-refractivity contribution in [3.63, 3.8) is 0 Å². The normalized spacial score (nSPS) is 11.8. The first kappa shape index (κ1) is 16.0. The van der Waals surface area contributed by atoms with Crippen LogP contribution >= 0.6 is 11.6 Å². The average Bonchev–Trinajstić information content (AvgIpc) is 2.47. The fraction of sp³-hybridized carbons (Fsp3) is 0.200. The first-order valence-electron chi connectivity index (χ1n) is 6.43. The largest absolute Gasteiger partial charge is 0.326 e. The van der Waals surface area contributed by atoms with Gasteiger partial charge in [-0.3, -0.25) is 0 Å². The Hall–Kier alpha value is -1.40. The van der Waals surface area contributed by atoms with E-state index in [9.17, 15) is 8.42 Å². The van der Waals surface area contributed by atoms with Crippen molar-refractivity contribution in [2.75, 3.05) is 7.05 Å². The predicted octanol–water partition coefficient (Wildman–Crippen LogP) is 2.62. The van der Waals surface area contributed by atoms with E-state index in [2.05, 4.69) is 0 Å². The average molecular weight is 325 g/mol. The van der Waals surface area contributed by atoms with Crippen LogP contribution in [-0.2, 0) is 23.1 Å². The number of hydrogen-bond acceptors (Lipinski definition) is 3. The van der Waals surface area contributed by atoms with Crippen LogP contribution in [0.25, 0.3) is 0 Å². The van der Waals surface area contributed by atoms with Crippen LogP contribution in [0.2, 0.25) is 5.02 Å². The molecule has 0 radical (unpaired) electrons. The Labute approximate surface area is 130 Å². The summed E-state index contributed by atoms with van der Waals surface area (Å²) in [5, 5.41) is 0.587. The maximum atomic E-state index is 12.5. The second-order valence-corrected chi connectivity index (χ2v) is 7.22. The summed E-state index contributed by atoms with van der Waals surface area (Å²) in [6, 6.07) is 13.8. The van der Waals surface area contributed by atoms with Gasteiger partial charge in [0.05, 0.1) is 4.90 Å². The molecular formula is C15H17ClN2O2S. The summed E-state index contributed by atoms with van der Waals surface area (Å²) < 4.78 is 26.4. The third-order valence-electron chi connectivity index (χ3n) is 3.14. The molecule has 2 rings (SSSR count). The third-order valence-corrected chi connectivity index (χ3v) is 5.17. The zero-order valence-electron chi connectivity index (χ0n) is 11.7. The number of nitrogens with two attached hydrogens (primary N) is 1. The van der Waals surface area contributed by atoms with Crippen LogP contribution in [-0.4, -0.2) is 19.8 Å². The van der Waals surface area contributed by atoms with Crippen molar-refractivity contribution >= 4 is 21.6 Å². The summed E-state index contributed by atoms with van der Waals surface area (Å²) >= 11 is 5.92. The molecule has 2 aromatic carbocycles. The van der Waals surface area contributed by atoms with Gasteiger partial charge in [0, 0.05) is 25.2 Å². The second-order valence-electron chi connectivity index (χ2n) is 4.74. The molecule has 0 aliphatic carbocycles. The first-order chi connectivity index (χ1) is 9.93. The van der Waals surface area contributed by atoms with Crippen LogP contribution < -0.4 is 5.73 Å². The van der Waals surface area contributed by atoms with Gasteiger partial charge in [-0.15, -0.1) is 0 Å². The summed E-state index contributed by atoms with van der Waals surface area (Å²) in [5.41, 5.74) is 7.18. The molecule has 0 bridgehead atoms. The minimum absolute atomic E-state index is 0.245. The van der Waals surface area contributed by atoms with E-state index in [1.54, 1.807) is 49.5 Å². The zero-order valence-corrected chi connectivity index (χ0v) is 13.2.